The van der Waals surface area contributed by atoms with Gasteiger partial charge in [-0.15, -0.1) is 0 Å². The van der Waals surface area contributed by atoms with Crippen molar-refractivity contribution in [3.63, 3.8) is 0 Å². The van der Waals surface area contributed by atoms with E-state index in [0.717, 1.165) is 18.5 Å². The standard InChI is InChI=1S/C22H21N5O2/c28-21(15-12-23-27(13-15)16-7-2-1-3-8-16)25-26-22(29)24-20-18-11-10-14-6-4-5-9-17(14)19(18)20/h1-9,12-13,18-20H,10-11H2,(H,25,28)(H2,24,26,29). The van der Waals surface area contributed by atoms with Gasteiger partial charge in [0, 0.05) is 18.2 Å². The smallest absolute Gasteiger partial charge is 0.333 e. The Labute approximate surface area is 168 Å². The van der Waals surface area contributed by atoms with Crippen LogP contribution in [0.2, 0.25) is 0 Å². The number of urea groups is 1. The molecule has 5 rings (SSSR count). The van der Waals surface area contributed by atoms with Crippen LogP contribution in [-0.2, 0) is 6.42 Å². The summed E-state index contributed by atoms with van der Waals surface area (Å²) < 4.78 is 1.61. The highest BCUT2D eigenvalue weighted by Crippen LogP contribution is 2.54. The number of amides is 3. The molecule has 7 heteroatoms. The summed E-state index contributed by atoms with van der Waals surface area (Å²) in [5.74, 6) is 0.446. The number of aryl methyl sites for hydroxylation is 1. The number of hydrogen-bond donors (Lipinski definition) is 3. The van der Waals surface area contributed by atoms with Gasteiger partial charge in [-0.05, 0) is 42.0 Å². The summed E-state index contributed by atoms with van der Waals surface area (Å²) in [6.07, 6.45) is 5.22. The van der Waals surface area contributed by atoms with Crippen LogP contribution in [0.4, 0.5) is 4.79 Å². The summed E-state index contributed by atoms with van der Waals surface area (Å²) in [7, 11) is 0. The molecule has 146 valence electrons. The Hall–Kier alpha value is -3.61. The van der Waals surface area contributed by atoms with Crippen LogP contribution in [0.1, 0.15) is 33.8 Å². The predicted octanol–water partition coefficient (Wildman–Crippen LogP) is 2.54. The molecule has 0 saturated heterocycles. The zero-order valence-corrected chi connectivity index (χ0v) is 15.7. The average Bonchev–Trinajstić information content (AvgIpc) is 3.22. The molecule has 0 bridgehead atoms. The van der Waals surface area contributed by atoms with Gasteiger partial charge in [-0.1, -0.05) is 42.5 Å². The van der Waals surface area contributed by atoms with Crippen molar-refractivity contribution in [2.24, 2.45) is 5.92 Å². The van der Waals surface area contributed by atoms with Crippen LogP contribution in [0.15, 0.2) is 67.0 Å². The van der Waals surface area contributed by atoms with Gasteiger partial charge in [0.1, 0.15) is 0 Å². The molecule has 3 N–H and O–H groups in total. The molecule has 1 aromatic heterocycles. The third kappa shape index (κ3) is 3.35. The number of carbonyl (C=O) groups excluding carboxylic acids is 2. The van der Waals surface area contributed by atoms with Crippen LogP contribution in [0.3, 0.4) is 0 Å². The van der Waals surface area contributed by atoms with Gasteiger partial charge in [-0.2, -0.15) is 5.10 Å². The molecule has 1 heterocycles. The lowest BCUT2D eigenvalue weighted by Crippen LogP contribution is -2.47. The largest absolute Gasteiger partial charge is 0.333 e. The summed E-state index contributed by atoms with van der Waals surface area (Å²) in [6, 6.07) is 17.7. The number of nitrogens with zero attached hydrogens (tertiary/aromatic N) is 2. The summed E-state index contributed by atoms with van der Waals surface area (Å²) in [5, 5.41) is 7.18. The molecule has 3 amide bonds. The van der Waals surface area contributed by atoms with E-state index in [9.17, 15) is 9.59 Å². The number of rotatable bonds is 3. The zero-order valence-electron chi connectivity index (χ0n) is 15.7. The van der Waals surface area contributed by atoms with Gasteiger partial charge in [0.25, 0.3) is 5.91 Å². The monoisotopic (exact) mass is 387 g/mol. The number of benzene rings is 2. The van der Waals surface area contributed by atoms with Crippen molar-refractivity contribution in [3.05, 3.63) is 83.7 Å². The van der Waals surface area contributed by atoms with Crippen molar-refractivity contribution in [2.45, 2.75) is 24.8 Å². The Balaban J connectivity index is 1.15. The minimum absolute atomic E-state index is 0.122. The van der Waals surface area contributed by atoms with Crippen molar-refractivity contribution in [2.75, 3.05) is 0 Å². The number of aromatic nitrogens is 2. The molecular weight excluding hydrogens is 366 g/mol. The van der Waals surface area contributed by atoms with E-state index in [4.69, 9.17) is 0 Å². The summed E-state index contributed by atoms with van der Waals surface area (Å²) in [5.41, 5.74) is 8.83. The molecule has 2 aliphatic carbocycles. The van der Waals surface area contributed by atoms with Crippen LogP contribution in [0, 0.1) is 5.92 Å². The first-order valence-corrected chi connectivity index (χ1v) is 9.75. The lowest BCUT2D eigenvalue weighted by Gasteiger charge is -2.13. The fourth-order valence-electron chi connectivity index (χ4n) is 4.30. The van der Waals surface area contributed by atoms with E-state index in [-0.39, 0.29) is 6.04 Å². The molecule has 3 aromatic rings. The van der Waals surface area contributed by atoms with E-state index in [0.29, 0.717) is 17.4 Å². The quantitative estimate of drug-likeness (QED) is 0.604. The Bertz CT molecular complexity index is 1060. The number of hydrogen-bond acceptors (Lipinski definition) is 3. The lowest BCUT2D eigenvalue weighted by molar-refractivity contribution is 0.0936. The minimum Gasteiger partial charge on any atom is -0.333 e. The second-order valence-corrected chi connectivity index (χ2v) is 7.51. The van der Waals surface area contributed by atoms with Crippen LogP contribution in [-0.4, -0.2) is 27.8 Å². The summed E-state index contributed by atoms with van der Waals surface area (Å²) in [4.78, 5) is 24.6. The van der Waals surface area contributed by atoms with E-state index in [2.05, 4.69) is 39.5 Å². The fourth-order valence-corrected chi connectivity index (χ4v) is 4.30. The second-order valence-electron chi connectivity index (χ2n) is 7.51. The third-order valence-corrected chi connectivity index (χ3v) is 5.78. The molecule has 2 aromatic carbocycles. The maximum Gasteiger partial charge on any atom is 0.333 e. The highest BCUT2D eigenvalue weighted by Gasteiger charge is 2.53. The van der Waals surface area contributed by atoms with Crippen molar-refractivity contribution >= 4 is 11.9 Å². The van der Waals surface area contributed by atoms with E-state index in [1.54, 1.807) is 10.9 Å². The number of carbonyl (C=O) groups is 2. The molecule has 3 atom stereocenters. The normalized spacial score (nSPS) is 21.4. The maximum atomic E-state index is 12.3. The van der Waals surface area contributed by atoms with Crippen molar-refractivity contribution in [3.8, 4) is 5.69 Å². The van der Waals surface area contributed by atoms with Crippen molar-refractivity contribution in [1.82, 2.24) is 25.9 Å². The minimum atomic E-state index is -0.416. The Morgan fingerprint density at radius 1 is 1.00 bits per heavy atom. The molecule has 2 aliphatic rings. The molecule has 0 radical (unpaired) electrons. The Kier molecular flexibility index (Phi) is 4.27. The fraction of sp³-hybridized carbons (Fsp3) is 0.227. The van der Waals surface area contributed by atoms with Crippen LogP contribution in [0.25, 0.3) is 5.69 Å². The summed E-state index contributed by atoms with van der Waals surface area (Å²) in [6.45, 7) is 0. The molecule has 0 spiro atoms. The first-order valence-electron chi connectivity index (χ1n) is 9.75. The molecule has 7 nitrogen and oxygen atoms in total. The van der Waals surface area contributed by atoms with E-state index < -0.39 is 11.9 Å². The lowest BCUT2D eigenvalue weighted by atomic mass is 9.92. The molecule has 1 saturated carbocycles. The van der Waals surface area contributed by atoms with Gasteiger partial charge in [-0.3, -0.25) is 10.2 Å². The van der Waals surface area contributed by atoms with Gasteiger partial charge in [0.05, 0.1) is 17.4 Å². The topological polar surface area (TPSA) is 88.1 Å². The van der Waals surface area contributed by atoms with Gasteiger partial charge in [-0.25, -0.2) is 14.9 Å². The Morgan fingerprint density at radius 3 is 2.66 bits per heavy atom. The number of fused-ring (bicyclic) bond motifs is 3. The van der Waals surface area contributed by atoms with Gasteiger partial charge in [0.15, 0.2) is 0 Å². The average molecular weight is 387 g/mol. The van der Waals surface area contributed by atoms with Crippen LogP contribution >= 0.6 is 0 Å². The van der Waals surface area contributed by atoms with Crippen molar-refractivity contribution < 1.29 is 9.59 Å². The molecule has 1 fully saturated rings. The second kappa shape index (κ2) is 7.09. The molecule has 29 heavy (non-hydrogen) atoms. The van der Waals surface area contributed by atoms with Gasteiger partial charge < -0.3 is 5.32 Å². The molecule has 3 unspecified atom stereocenters. The molecular formula is C22H21N5O2. The maximum absolute atomic E-state index is 12.3. The first kappa shape index (κ1) is 17.5. The zero-order chi connectivity index (χ0) is 19.8. The van der Waals surface area contributed by atoms with E-state index in [1.165, 1.54) is 17.3 Å². The first-order chi connectivity index (χ1) is 14.2. The number of hydrazine groups is 1. The third-order valence-electron chi connectivity index (χ3n) is 5.78. The summed E-state index contributed by atoms with van der Waals surface area (Å²) >= 11 is 0. The number of nitrogens with one attached hydrogen (secondary N) is 3. The van der Waals surface area contributed by atoms with Gasteiger partial charge in [0.2, 0.25) is 0 Å². The van der Waals surface area contributed by atoms with Crippen LogP contribution in [0.5, 0.6) is 0 Å². The SMILES string of the molecule is O=C(NNC(=O)c1cnn(-c2ccccc2)c1)NC1C2CCc3ccccc3C21. The number of para-hydroxylation sites is 1. The predicted molar refractivity (Wildman–Crippen MR) is 107 cm³/mol. The Morgan fingerprint density at radius 2 is 1.79 bits per heavy atom. The highest BCUT2D eigenvalue weighted by atomic mass is 16.2. The molecule has 0 aliphatic heterocycles. The van der Waals surface area contributed by atoms with E-state index in [1.807, 2.05) is 36.4 Å². The van der Waals surface area contributed by atoms with Gasteiger partial charge >= 0.3 is 6.03 Å². The van der Waals surface area contributed by atoms with Crippen LogP contribution < -0.4 is 16.2 Å². The highest BCUT2D eigenvalue weighted by molar-refractivity contribution is 5.94. The van der Waals surface area contributed by atoms with Crippen molar-refractivity contribution in [1.29, 1.82) is 0 Å². The van der Waals surface area contributed by atoms with E-state index >= 15 is 0 Å².